The zero-order valence-electron chi connectivity index (χ0n) is 14.0. The monoisotopic (exact) mass is 377 g/mol. The molecule has 0 saturated carbocycles. The van der Waals surface area contributed by atoms with E-state index in [0.717, 1.165) is 0 Å². The van der Waals surface area contributed by atoms with Gasteiger partial charge in [-0.1, -0.05) is 6.92 Å². The molecule has 0 bridgehead atoms. The first kappa shape index (κ1) is 19.4. The van der Waals surface area contributed by atoms with Crippen molar-refractivity contribution in [2.75, 3.05) is 11.1 Å². The van der Waals surface area contributed by atoms with E-state index >= 15 is 0 Å². The first-order valence-electron chi connectivity index (χ1n) is 7.71. The molecule has 26 heavy (non-hydrogen) atoms. The molecule has 1 amide bonds. The van der Waals surface area contributed by atoms with Crippen molar-refractivity contribution in [1.29, 1.82) is 0 Å². The lowest BCUT2D eigenvalue weighted by molar-refractivity contribution is -0.124. The summed E-state index contributed by atoms with van der Waals surface area (Å²) in [6, 6.07) is 11.5. The van der Waals surface area contributed by atoms with E-state index in [4.69, 9.17) is 15.6 Å². The van der Waals surface area contributed by atoms with Crippen LogP contribution >= 0.6 is 0 Å². The molecule has 0 fully saturated rings. The van der Waals surface area contributed by atoms with Gasteiger partial charge in [0.05, 0.1) is 10.5 Å². The summed E-state index contributed by atoms with van der Waals surface area (Å²) in [6.07, 6.45) is -0.736. The number of carbonyl (C=O) groups is 2. The van der Waals surface area contributed by atoms with E-state index in [1.807, 2.05) is 0 Å². The van der Waals surface area contributed by atoms with Gasteiger partial charge in [-0.25, -0.2) is 18.4 Å². The number of rotatable bonds is 6. The van der Waals surface area contributed by atoms with Crippen LogP contribution in [-0.2, 0) is 19.6 Å². The highest BCUT2D eigenvalue weighted by molar-refractivity contribution is 7.89. The second kappa shape index (κ2) is 7.98. The van der Waals surface area contributed by atoms with Gasteiger partial charge in [0.25, 0.3) is 5.91 Å². The quantitative estimate of drug-likeness (QED) is 0.514. The van der Waals surface area contributed by atoms with Gasteiger partial charge in [0.1, 0.15) is 0 Å². The Morgan fingerprint density at radius 1 is 1.08 bits per heavy atom. The molecule has 8 nitrogen and oxygen atoms in total. The van der Waals surface area contributed by atoms with Crippen LogP contribution in [0.1, 0.15) is 23.7 Å². The third kappa shape index (κ3) is 5.04. The molecular weight excluding hydrogens is 358 g/mol. The largest absolute Gasteiger partial charge is 0.449 e. The van der Waals surface area contributed by atoms with Crippen molar-refractivity contribution in [1.82, 2.24) is 0 Å². The number of ether oxygens (including phenoxy) is 1. The number of esters is 1. The van der Waals surface area contributed by atoms with E-state index in [1.165, 1.54) is 36.4 Å². The van der Waals surface area contributed by atoms with E-state index in [1.54, 1.807) is 19.1 Å². The van der Waals surface area contributed by atoms with Crippen LogP contribution in [0, 0.1) is 0 Å². The first-order valence-corrected chi connectivity index (χ1v) is 9.25. The zero-order valence-corrected chi connectivity index (χ0v) is 14.8. The summed E-state index contributed by atoms with van der Waals surface area (Å²) in [4.78, 5) is 24.3. The number of benzene rings is 2. The summed E-state index contributed by atoms with van der Waals surface area (Å²) in [5.74, 6) is -1.17. The SMILES string of the molecule is CCC(OC(=O)c1ccc(N)cc1)C(=O)Nc1ccc(S(N)(=O)=O)cc1. The van der Waals surface area contributed by atoms with E-state index in [9.17, 15) is 18.0 Å². The topological polar surface area (TPSA) is 142 Å². The van der Waals surface area contributed by atoms with Gasteiger partial charge in [0.15, 0.2) is 6.10 Å². The Balaban J connectivity index is 2.04. The molecule has 138 valence electrons. The Hall–Kier alpha value is -2.91. The lowest BCUT2D eigenvalue weighted by Gasteiger charge is -2.16. The van der Waals surface area contributed by atoms with Gasteiger partial charge < -0.3 is 15.8 Å². The summed E-state index contributed by atoms with van der Waals surface area (Å²) in [6.45, 7) is 1.70. The van der Waals surface area contributed by atoms with E-state index in [0.29, 0.717) is 11.4 Å². The van der Waals surface area contributed by atoms with Crippen LogP contribution in [0.4, 0.5) is 11.4 Å². The average molecular weight is 377 g/mol. The summed E-state index contributed by atoms with van der Waals surface area (Å²) in [5, 5.41) is 7.58. The molecule has 0 aliphatic rings. The van der Waals surface area contributed by atoms with Gasteiger partial charge >= 0.3 is 5.97 Å². The highest BCUT2D eigenvalue weighted by Gasteiger charge is 2.22. The normalized spacial score (nSPS) is 12.2. The number of hydrogen-bond acceptors (Lipinski definition) is 6. The standard InChI is InChI=1S/C17H19N3O5S/c1-2-15(25-17(22)11-3-5-12(18)6-4-11)16(21)20-13-7-9-14(10-8-13)26(19,23)24/h3-10,15H,2,18H2,1H3,(H,20,21)(H2,19,23,24). The van der Waals surface area contributed by atoms with Gasteiger partial charge in [0, 0.05) is 11.4 Å². The number of primary sulfonamides is 1. The number of amides is 1. The maximum absolute atomic E-state index is 12.3. The van der Waals surface area contributed by atoms with Crippen LogP contribution in [0.25, 0.3) is 0 Å². The van der Waals surface area contributed by atoms with Crippen molar-refractivity contribution >= 4 is 33.3 Å². The molecule has 2 aromatic carbocycles. The molecule has 0 radical (unpaired) electrons. The fourth-order valence-electron chi connectivity index (χ4n) is 2.09. The van der Waals surface area contributed by atoms with Crippen LogP contribution in [0.2, 0.25) is 0 Å². The third-order valence-electron chi connectivity index (χ3n) is 3.51. The maximum atomic E-state index is 12.3. The van der Waals surface area contributed by atoms with Crippen LogP contribution in [0.15, 0.2) is 53.4 Å². The summed E-state index contributed by atoms with van der Waals surface area (Å²) < 4.78 is 27.7. The Morgan fingerprint density at radius 3 is 2.15 bits per heavy atom. The van der Waals surface area contributed by atoms with Crippen LogP contribution in [-0.4, -0.2) is 26.4 Å². The first-order chi connectivity index (χ1) is 12.2. The lowest BCUT2D eigenvalue weighted by atomic mass is 10.2. The molecule has 0 saturated heterocycles. The van der Waals surface area contributed by atoms with E-state index < -0.39 is 28.0 Å². The van der Waals surface area contributed by atoms with Crippen LogP contribution < -0.4 is 16.2 Å². The molecule has 1 unspecified atom stereocenters. The Labute approximate surface area is 151 Å². The van der Waals surface area contributed by atoms with Crippen molar-refractivity contribution in [3.63, 3.8) is 0 Å². The molecule has 0 aromatic heterocycles. The van der Waals surface area contributed by atoms with E-state index in [-0.39, 0.29) is 16.9 Å². The molecular formula is C17H19N3O5S. The lowest BCUT2D eigenvalue weighted by Crippen LogP contribution is -2.32. The highest BCUT2D eigenvalue weighted by Crippen LogP contribution is 2.15. The predicted molar refractivity (Wildman–Crippen MR) is 96.8 cm³/mol. The fourth-order valence-corrected chi connectivity index (χ4v) is 2.60. The molecule has 0 heterocycles. The molecule has 5 N–H and O–H groups in total. The molecule has 1 atom stereocenters. The smallest absolute Gasteiger partial charge is 0.338 e. The van der Waals surface area contributed by atoms with Gasteiger partial charge in [0.2, 0.25) is 10.0 Å². The number of sulfonamides is 1. The Kier molecular flexibility index (Phi) is 5.96. The number of nitrogens with one attached hydrogen (secondary N) is 1. The number of nitrogens with two attached hydrogens (primary N) is 2. The van der Waals surface area contributed by atoms with Crippen molar-refractivity contribution in [3.05, 3.63) is 54.1 Å². The minimum absolute atomic E-state index is 0.0719. The van der Waals surface area contributed by atoms with E-state index in [2.05, 4.69) is 5.32 Å². The molecule has 2 aromatic rings. The Bertz CT molecular complexity index is 893. The second-order valence-corrected chi connectivity index (χ2v) is 7.04. The highest BCUT2D eigenvalue weighted by atomic mass is 32.2. The minimum Gasteiger partial charge on any atom is -0.449 e. The number of carbonyl (C=O) groups excluding carboxylic acids is 2. The average Bonchev–Trinajstić information content (AvgIpc) is 2.59. The van der Waals surface area contributed by atoms with Gasteiger partial charge in [-0.05, 0) is 55.0 Å². The molecule has 9 heteroatoms. The molecule has 0 aliphatic carbocycles. The molecule has 2 rings (SSSR count). The van der Waals surface area contributed by atoms with Gasteiger partial charge in [-0.2, -0.15) is 0 Å². The van der Waals surface area contributed by atoms with Gasteiger partial charge in [-0.15, -0.1) is 0 Å². The van der Waals surface area contributed by atoms with Crippen molar-refractivity contribution in [2.45, 2.75) is 24.3 Å². The maximum Gasteiger partial charge on any atom is 0.338 e. The third-order valence-corrected chi connectivity index (χ3v) is 4.44. The number of anilines is 2. The molecule has 0 spiro atoms. The zero-order chi connectivity index (χ0) is 19.3. The second-order valence-electron chi connectivity index (χ2n) is 5.48. The van der Waals surface area contributed by atoms with Crippen LogP contribution in [0.5, 0.6) is 0 Å². The summed E-state index contributed by atoms with van der Waals surface area (Å²) in [7, 11) is -3.81. The predicted octanol–water partition coefficient (Wildman–Crippen LogP) is 1.49. The summed E-state index contributed by atoms with van der Waals surface area (Å²) >= 11 is 0. The minimum atomic E-state index is -3.81. The fraction of sp³-hybridized carbons (Fsp3) is 0.176. The van der Waals surface area contributed by atoms with Crippen LogP contribution in [0.3, 0.4) is 0 Å². The van der Waals surface area contributed by atoms with Crippen molar-refractivity contribution in [2.24, 2.45) is 5.14 Å². The van der Waals surface area contributed by atoms with Crippen molar-refractivity contribution in [3.8, 4) is 0 Å². The molecule has 0 aliphatic heterocycles. The summed E-state index contributed by atoms with van der Waals surface area (Å²) in [5.41, 5.74) is 6.70. The Morgan fingerprint density at radius 2 is 1.65 bits per heavy atom. The van der Waals surface area contributed by atoms with Crippen molar-refractivity contribution < 1.29 is 22.7 Å². The number of hydrogen-bond donors (Lipinski definition) is 3. The van der Waals surface area contributed by atoms with Gasteiger partial charge in [-0.3, -0.25) is 4.79 Å². The number of nitrogen functional groups attached to an aromatic ring is 1.